The lowest BCUT2D eigenvalue weighted by Gasteiger charge is -2.50. The van der Waals surface area contributed by atoms with E-state index in [1.54, 1.807) is 0 Å². The van der Waals surface area contributed by atoms with Gasteiger partial charge in [0.2, 0.25) is 0 Å². The first kappa shape index (κ1) is 18.9. The Morgan fingerprint density at radius 3 is 0.938 bits per heavy atom. The second kappa shape index (κ2) is 4.10. The Balaban J connectivity index is 1.45. The highest BCUT2D eigenvalue weighted by Crippen LogP contribution is 3.10. The summed E-state index contributed by atoms with van der Waals surface area (Å²) in [5.74, 6) is 5.83. The van der Waals surface area contributed by atoms with Crippen LogP contribution in [0.5, 0.6) is 0 Å². The van der Waals surface area contributed by atoms with Crippen LogP contribution < -0.4 is 0 Å². The zero-order valence-corrected chi connectivity index (χ0v) is 24.4. The van der Waals surface area contributed by atoms with Gasteiger partial charge < -0.3 is 18.9 Å². The van der Waals surface area contributed by atoms with Crippen LogP contribution in [0.4, 0.5) is 0 Å². The molecule has 0 N–H and O–H groups in total. The van der Waals surface area contributed by atoms with E-state index < -0.39 is 0 Å². The molecule has 0 spiro atoms. The molecule has 0 heterocycles. The lowest BCUT2D eigenvalue weighted by Crippen LogP contribution is -2.61. The summed E-state index contributed by atoms with van der Waals surface area (Å²) in [5, 5.41) is 0. The molecule has 12 aliphatic rings. The van der Waals surface area contributed by atoms with Gasteiger partial charge in [-0.1, -0.05) is 63.7 Å². The molecule has 12 aliphatic carbocycles. The second-order valence-electron chi connectivity index (χ2n) is 13.2. The standard InChI is InChI=1S/C24H24Br4O4/c1-29-21-13-7-8-14(21)19(27)10-6-5-9(17(10,21)25)18(13,26)22(30-2)11(5)20(28)12(6)23(19,31-3)16(8)24(20,32-4)15(7)22/h5-16H,1-4H3/t5-,6-,7-,8-,9-,10+,11+,12-,13-,14+,15+,16-,17?,18-,19-,20?,21?,22-,23-,24?/m1/s1. The van der Waals surface area contributed by atoms with Crippen molar-refractivity contribution in [2.24, 2.45) is 71.0 Å². The van der Waals surface area contributed by atoms with Gasteiger partial charge in [-0.3, -0.25) is 0 Å². The van der Waals surface area contributed by atoms with Crippen molar-refractivity contribution < 1.29 is 18.9 Å². The molecule has 172 valence electrons. The van der Waals surface area contributed by atoms with Crippen LogP contribution in [0.3, 0.4) is 0 Å². The van der Waals surface area contributed by atoms with E-state index in [1.807, 2.05) is 28.4 Å². The predicted molar refractivity (Wildman–Crippen MR) is 127 cm³/mol. The number of hydrogen-bond donors (Lipinski definition) is 0. The number of alkyl halides is 4. The molecule has 12 rings (SSSR count). The summed E-state index contributed by atoms with van der Waals surface area (Å²) in [6, 6.07) is 0. The van der Waals surface area contributed by atoms with Crippen LogP contribution in [0.15, 0.2) is 0 Å². The van der Waals surface area contributed by atoms with Gasteiger partial charge in [0, 0.05) is 63.9 Å². The van der Waals surface area contributed by atoms with Crippen LogP contribution in [0.2, 0.25) is 0 Å². The van der Waals surface area contributed by atoms with E-state index in [4.69, 9.17) is 18.9 Å². The van der Waals surface area contributed by atoms with Gasteiger partial charge in [-0.05, 0) is 35.5 Å². The smallest absolute Gasteiger partial charge is 0.0956 e. The Bertz CT molecular complexity index is 1090. The fourth-order valence-electron chi connectivity index (χ4n) is 16.6. The van der Waals surface area contributed by atoms with Gasteiger partial charge in [0.05, 0.1) is 39.7 Å². The fourth-order valence-corrected chi connectivity index (χ4v) is 25.1. The zero-order chi connectivity index (χ0) is 21.8. The van der Waals surface area contributed by atoms with Crippen LogP contribution in [0.25, 0.3) is 0 Å². The lowest BCUT2D eigenvalue weighted by molar-refractivity contribution is -0.144. The van der Waals surface area contributed by atoms with Crippen LogP contribution in [0, 0.1) is 71.0 Å². The van der Waals surface area contributed by atoms with Crippen molar-refractivity contribution in [1.82, 2.24) is 0 Å². The minimum absolute atomic E-state index is 0.0365. The van der Waals surface area contributed by atoms with E-state index in [2.05, 4.69) is 63.7 Å². The molecule has 0 aliphatic heterocycles. The molecular formula is C24H24Br4O4. The number of methoxy groups -OCH3 is 4. The Hall–Kier alpha value is 1.76. The zero-order valence-electron chi connectivity index (χ0n) is 18.1. The molecule has 0 saturated heterocycles. The average Bonchev–Trinajstić information content (AvgIpc) is 3.58. The Labute approximate surface area is 220 Å². The maximum Gasteiger partial charge on any atom is 0.0956 e. The van der Waals surface area contributed by atoms with Crippen molar-refractivity contribution in [2.45, 2.75) is 39.7 Å². The fraction of sp³-hybridized carbons (Fsp3) is 1.00. The predicted octanol–water partition coefficient (Wildman–Crippen LogP) is 3.61. The van der Waals surface area contributed by atoms with Crippen molar-refractivity contribution in [3.8, 4) is 0 Å². The highest BCUT2D eigenvalue weighted by atomic mass is 79.9. The Kier molecular flexibility index (Phi) is 2.43. The van der Waals surface area contributed by atoms with Crippen LogP contribution in [-0.2, 0) is 18.9 Å². The van der Waals surface area contributed by atoms with Gasteiger partial charge in [-0.2, -0.15) is 0 Å². The van der Waals surface area contributed by atoms with E-state index in [0.717, 1.165) is 0 Å². The number of rotatable bonds is 4. The monoisotopic (exact) mass is 692 g/mol. The number of halogens is 4. The molecule has 12 fully saturated rings. The molecule has 0 aromatic heterocycles. The van der Waals surface area contributed by atoms with Gasteiger partial charge in [-0.15, -0.1) is 0 Å². The van der Waals surface area contributed by atoms with Crippen molar-refractivity contribution in [3.63, 3.8) is 0 Å². The molecule has 32 heavy (non-hydrogen) atoms. The van der Waals surface area contributed by atoms with Crippen molar-refractivity contribution in [1.29, 1.82) is 0 Å². The first-order valence-corrected chi connectivity index (χ1v) is 15.3. The van der Waals surface area contributed by atoms with E-state index in [0.29, 0.717) is 71.0 Å². The van der Waals surface area contributed by atoms with Gasteiger partial charge in [-0.25, -0.2) is 0 Å². The molecule has 0 amide bonds. The van der Waals surface area contributed by atoms with Crippen molar-refractivity contribution in [3.05, 3.63) is 0 Å². The third-order valence-electron chi connectivity index (χ3n) is 15.0. The minimum atomic E-state index is -0.238. The minimum Gasteiger partial charge on any atom is -0.376 e. The first-order chi connectivity index (χ1) is 15.2. The van der Waals surface area contributed by atoms with Gasteiger partial charge in [0.1, 0.15) is 0 Å². The summed E-state index contributed by atoms with van der Waals surface area (Å²) < 4.78 is 27.6. The van der Waals surface area contributed by atoms with Gasteiger partial charge in [0.15, 0.2) is 0 Å². The first-order valence-electron chi connectivity index (χ1n) is 12.2. The molecule has 0 bridgehead atoms. The molecule has 0 radical (unpaired) electrons. The van der Waals surface area contributed by atoms with E-state index in [-0.39, 0.29) is 39.7 Å². The number of ether oxygens (including phenoxy) is 4. The molecule has 8 heteroatoms. The van der Waals surface area contributed by atoms with Crippen LogP contribution in [0.1, 0.15) is 0 Å². The van der Waals surface area contributed by atoms with Crippen molar-refractivity contribution >= 4 is 63.7 Å². The normalized spacial score (nSPS) is 90.8. The maximum absolute atomic E-state index is 6.95. The quantitative estimate of drug-likeness (QED) is 0.422. The number of hydrogen-bond acceptors (Lipinski definition) is 4. The highest BCUT2D eigenvalue weighted by molar-refractivity contribution is 9.11. The SMILES string of the molecule is COC12[C@H]3[C@H]4[C@H]5[C@@H]6C7(OC)[C@H]4[C@]4(OC)[C@@H]8[C@@H]9[C@@H]%10[C@H](C1(Br)[C@H]9[C@@]34Br)[C@@](Br)([C@@H]52)[C@@]6(OC)[C@@H]%10C87Br. The summed E-state index contributed by atoms with van der Waals surface area (Å²) in [6.45, 7) is 0. The lowest BCUT2D eigenvalue weighted by atomic mass is 9.72. The summed E-state index contributed by atoms with van der Waals surface area (Å²) in [5.41, 5.74) is -0.849. The van der Waals surface area contributed by atoms with Gasteiger partial charge in [0.25, 0.3) is 0 Å². The average molecular weight is 696 g/mol. The van der Waals surface area contributed by atoms with E-state index in [1.165, 1.54) is 0 Å². The topological polar surface area (TPSA) is 36.9 Å². The Morgan fingerprint density at radius 1 is 0.375 bits per heavy atom. The van der Waals surface area contributed by atoms with E-state index >= 15 is 0 Å². The molecule has 20 atom stereocenters. The molecule has 4 unspecified atom stereocenters. The molecule has 0 aromatic rings. The van der Waals surface area contributed by atoms with Crippen LogP contribution in [-0.4, -0.2) is 68.1 Å². The summed E-state index contributed by atoms with van der Waals surface area (Å²) in [6.07, 6.45) is 0. The second-order valence-corrected chi connectivity index (χ2v) is 18.4. The Morgan fingerprint density at radius 2 is 0.594 bits per heavy atom. The molecule has 12 saturated carbocycles. The largest absolute Gasteiger partial charge is 0.376 e. The summed E-state index contributed by atoms with van der Waals surface area (Å²) >= 11 is 18.4. The molecule has 0 aromatic carbocycles. The van der Waals surface area contributed by atoms with E-state index in [9.17, 15) is 0 Å². The highest BCUT2D eigenvalue weighted by Gasteiger charge is 3.19. The molecular weight excluding hydrogens is 672 g/mol. The molecule has 4 nitrogen and oxygen atoms in total. The summed E-state index contributed by atoms with van der Waals surface area (Å²) in [4.78, 5) is 0. The third-order valence-corrected chi connectivity index (χ3v) is 21.5. The van der Waals surface area contributed by atoms with Crippen molar-refractivity contribution in [2.75, 3.05) is 28.4 Å². The van der Waals surface area contributed by atoms with Gasteiger partial charge >= 0.3 is 0 Å². The maximum atomic E-state index is 6.95. The van der Waals surface area contributed by atoms with Crippen LogP contribution >= 0.6 is 63.7 Å². The third kappa shape index (κ3) is 0.871. The summed E-state index contributed by atoms with van der Waals surface area (Å²) in [7, 11) is 8.02.